The van der Waals surface area contributed by atoms with Crippen LogP contribution in [0.2, 0.25) is 5.02 Å². The van der Waals surface area contributed by atoms with Crippen LogP contribution in [0.25, 0.3) is 22.5 Å². The Balaban J connectivity index is 1.46. The van der Waals surface area contributed by atoms with Crippen LogP contribution in [-0.2, 0) is 19.4 Å². The van der Waals surface area contributed by atoms with Crippen LogP contribution < -0.4 is 0 Å². The molecule has 2 aliphatic rings. The van der Waals surface area contributed by atoms with Crippen LogP contribution in [0, 0.1) is 0 Å². The summed E-state index contributed by atoms with van der Waals surface area (Å²) in [5, 5.41) is 15.9. The summed E-state index contributed by atoms with van der Waals surface area (Å²) in [4.78, 5) is 22.4. The zero-order valence-corrected chi connectivity index (χ0v) is 26.3. The quantitative estimate of drug-likeness (QED) is 0.211. The van der Waals surface area contributed by atoms with E-state index in [1.807, 2.05) is 21.8 Å². The predicted molar refractivity (Wildman–Crippen MR) is 176 cm³/mol. The number of hydrogen-bond donors (Lipinski definition) is 1. The van der Waals surface area contributed by atoms with E-state index in [9.17, 15) is 9.90 Å². The number of carbonyl (C=O) groups is 1. The van der Waals surface area contributed by atoms with E-state index in [1.54, 1.807) is 6.20 Å². The van der Waals surface area contributed by atoms with Crippen LogP contribution in [0.15, 0.2) is 73.1 Å². The monoisotopic (exact) mass is 609 g/mol. The van der Waals surface area contributed by atoms with Gasteiger partial charge in [-0.1, -0.05) is 80.8 Å². The van der Waals surface area contributed by atoms with E-state index in [4.69, 9.17) is 16.7 Å². The summed E-state index contributed by atoms with van der Waals surface area (Å²) >= 11 is 7.05. The largest absolute Gasteiger partial charge is 0.394 e. The molecule has 4 aromatic rings. The van der Waals surface area contributed by atoms with Crippen molar-refractivity contribution in [3.63, 3.8) is 0 Å². The Kier molecular flexibility index (Phi) is 9.14. The topological polar surface area (TPSA) is 74.5 Å². The standard InChI is InChI=1S/C36H40ClN5O2/c1-3-5-18-40(19-6-4-2)36(44)35-34(37)33-16-15-31(41-23-28-11-8-7-10-25(28)20-29(41)24-43)30-21-26(27-12-9-17-38-22-27)13-14-32(30)42(33)39-35/h7-15,17,21-22,29,43H,3-6,16,18-20,23-24H2,1-2H3/t29-/m0/s1. The van der Waals surface area contributed by atoms with Crippen molar-refractivity contribution in [3.8, 4) is 16.8 Å². The fourth-order valence-corrected chi connectivity index (χ4v) is 6.63. The molecule has 4 heterocycles. The number of aliphatic hydroxyl groups excluding tert-OH is 1. The van der Waals surface area contributed by atoms with Crippen molar-refractivity contribution in [1.82, 2.24) is 24.6 Å². The molecule has 0 radical (unpaired) electrons. The smallest absolute Gasteiger partial charge is 0.275 e. The van der Waals surface area contributed by atoms with Gasteiger partial charge >= 0.3 is 0 Å². The molecule has 2 aliphatic heterocycles. The van der Waals surface area contributed by atoms with Crippen LogP contribution in [0.1, 0.15) is 72.4 Å². The first-order valence-electron chi connectivity index (χ1n) is 15.8. The number of pyridine rings is 1. The minimum absolute atomic E-state index is 0.0403. The van der Waals surface area contributed by atoms with Crippen LogP contribution in [0.5, 0.6) is 0 Å². The van der Waals surface area contributed by atoms with Crippen molar-refractivity contribution < 1.29 is 9.90 Å². The molecule has 228 valence electrons. The molecule has 8 heteroatoms. The van der Waals surface area contributed by atoms with Gasteiger partial charge < -0.3 is 14.9 Å². The first-order chi connectivity index (χ1) is 21.5. The highest BCUT2D eigenvalue weighted by Crippen LogP contribution is 2.39. The lowest BCUT2D eigenvalue weighted by Gasteiger charge is -2.39. The van der Waals surface area contributed by atoms with Crippen LogP contribution in [-0.4, -0.2) is 61.3 Å². The number of benzene rings is 2. The van der Waals surface area contributed by atoms with Crippen molar-refractivity contribution in [2.24, 2.45) is 0 Å². The SMILES string of the molecule is CCCCN(CCCC)C(=O)c1nn2c(c1Cl)CC=C(N1Cc3ccccc3C[C@H]1CO)c1cc(-c3cccnc3)ccc1-2. The molecule has 0 bridgehead atoms. The van der Waals surface area contributed by atoms with E-state index in [0.717, 1.165) is 65.9 Å². The second-order valence-electron chi connectivity index (χ2n) is 11.7. The lowest BCUT2D eigenvalue weighted by atomic mass is 9.92. The third kappa shape index (κ3) is 5.78. The number of rotatable bonds is 10. The summed E-state index contributed by atoms with van der Waals surface area (Å²) < 4.78 is 1.87. The van der Waals surface area contributed by atoms with Gasteiger partial charge in [0.2, 0.25) is 0 Å². The first-order valence-corrected chi connectivity index (χ1v) is 16.2. The second-order valence-corrected chi connectivity index (χ2v) is 12.1. The number of unbranched alkanes of at least 4 members (excludes halogenated alkanes) is 2. The minimum atomic E-state index is -0.108. The van der Waals surface area contributed by atoms with Gasteiger partial charge in [0.25, 0.3) is 5.91 Å². The summed E-state index contributed by atoms with van der Waals surface area (Å²) in [7, 11) is 0. The third-order valence-corrected chi connectivity index (χ3v) is 9.23. The molecule has 1 atom stereocenters. The molecule has 2 aromatic carbocycles. The molecule has 1 N–H and O–H groups in total. The van der Waals surface area contributed by atoms with E-state index < -0.39 is 0 Å². The zero-order chi connectivity index (χ0) is 30.6. The molecule has 7 nitrogen and oxygen atoms in total. The van der Waals surface area contributed by atoms with Gasteiger partial charge in [-0.05, 0) is 54.2 Å². The number of amides is 1. The number of aromatic nitrogens is 3. The summed E-state index contributed by atoms with van der Waals surface area (Å²) in [6.07, 6.45) is 11.0. The summed E-state index contributed by atoms with van der Waals surface area (Å²) in [6.45, 7) is 6.39. The van der Waals surface area contributed by atoms with Gasteiger partial charge in [-0.2, -0.15) is 5.10 Å². The maximum Gasteiger partial charge on any atom is 0.275 e. The van der Waals surface area contributed by atoms with Crippen molar-refractivity contribution in [3.05, 3.63) is 106 Å². The van der Waals surface area contributed by atoms with E-state index in [0.29, 0.717) is 36.8 Å². The van der Waals surface area contributed by atoms with Gasteiger partial charge in [0.1, 0.15) is 0 Å². The number of carbonyl (C=O) groups excluding carboxylic acids is 1. The number of hydrogen-bond acceptors (Lipinski definition) is 5. The first kappa shape index (κ1) is 30.1. The summed E-state index contributed by atoms with van der Waals surface area (Å²) in [6, 6.07) is 18.7. The van der Waals surface area contributed by atoms with Crippen molar-refractivity contribution in [2.45, 2.75) is 65.0 Å². The molecule has 44 heavy (non-hydrogen) atoms. The van der Waals surface area contributed by atoms with Crippen molar-refractivity contribution in [2.75, 3.05) is 19.7 Å². The number of allylic oxidation sites excluding steroid dienone is 1. The van der Waals surface area contributed by atoms with Crippen LogP contribution >= 0.6 is 11.6 Å². The van der Waals surface area contributed by atoms with Crippen LogP contribution in [0.4, 0.5) is 0 Å². The molecular formula is C36H40ClN5O2. The Labute approximate surface area is 264 Å². The van der Waals surface area contributed by atoms with Crippen LogP contribution in [0.3, 0.4) is 0 Å². The molecule has 0 fully saturated rings. The normalized spacial score (nSPS) is 15.6. The Hall–Kier alpha value is -3.94. The highest BCUT2D eigenvalue weighted by molar-refractivity contribution is 6.34. The Morgan fingerprint density at radius 3 is 2.50 bits per heavy atom. The average molecular weight is 610 g/mol. The van der Waals surface area contributed by atoms with Gasteiger partial charge in [-0.25, -0.2) is 4.68 Å². The molecule has 0 saturated carbocycles. The predicted octanol–water partition coefficient (Wildman–Crippen LogP) is 6.95. The van der Waals surface area contributed by atoms with Gasteiger partial charge in [-0.15, -0.1) is 0 Å². The molecule has 0 unspecified atom stereocenters. The number of nitrogens with zero attached hydrogens (tertiary/aromatic N) is 5. The maximum absolute atomic E-state index is 13.8. The number of halogens is 1. The molecule has 0 saturated heterocycles. The summed E-state index contributed by atoms with van der Waals surface area (Å²) in [5.74, 6) is -0.108. The highest BCUT2D eigenvalue weighted by Gasteiger charge is 2.33. The minimum Gasteiger partial charge on any atom is -0.394 e. The lowest BCUT2D eigenvalue weighted by molar-refractivity contribution is 0.0745. The second kappa shape index (κ2) is 13.4. The molecule has 6 rings (SSSR count). The molecule has 0 spiro atoms. The van der Waals surface area contributed by atoms with Crippen molar-refractivity contribution in [1.29, 1.82) is 0 Å². The van der Waals surface area contributed by atoms with E-state index in [2.05, 4.69) is 78.3 Å². The lowest BCUT2D eigenvalue weighted by Crippen LogP contribution is -2.41. The fourth-order valence-electron chi connectivity index (χ4n) is 6.36. The molecular weight excluding hydrogens is 570 g/mol. The van der Waals surface area contributed by atoms with Crippen molar-refractivity contribution >= 4 is 23.2 Å². The molecule has 0 aliphatic carbocycles. The zero-order valence-electron chi connectivity index (χ0n) is 25.5. The van der Waals surface area contributed by atoms with E-state index in [1.165, 1.54) is 11.1 Å². The average Bonchev–Trinajstić information content (AvgIpc) is 3.30. The van der Waals surface area contributed by atoms with Gasteiger partial charge in [0.15, 0.2) is 5.69 Å². The Bertz CT molecular complexity index is 1660. The summed E-state index contributed by atoms with van der Waals surface area (Å²) in [5.41, 5.74) is 8.56. The van der Waals surface area contributed by atoms with Gasteiger partial charge in [-0.3, -0.25) is 9.78 Å². The maximum atomic E-state index is 13.8. The van der Waals surface area contributed by atoms with E-state index in [-0.39, 0.29) is 18.6 Å². The Morgan fingerprint density at radius 1 is 1.02 bits per heavy atom. The molecule has 2 aromatic heterocycles. The highest BCUT2D eigenvalue weighted by atomic mass is 35.5. The molecule has 1 amide bonds. The van der Waals surface area contributed by atoms with Gasteiger partial charge in [0.05, 0.1) is 29.1 Å². The van der Waals surface area contributed by atoms with E-state index >= 15 is 0 Å². The van der Waals surface area contributed by atoms with Gasteiger partial charge in [0, 0.05) is 55.3 Å². The number of aliphatic hydroxyl groups is 1. The third-order valence-electron chi connectivity index (χ3n) is 8.83. The number of fused-ring (bicyclic) bond motifs is 4. The Morgan fingerprint density at radius 2 is 1.80 bits per heavy atom. The fraction of sp³-hybridized carbons (Fsp3) is 0.361.